The first-order chi connectivity index (χ1) is 7.79. The van der Waals surface area contributed by atoms with E-state index in [0.29, 0.717) is 6.42 Å². The lowest BCUT2D eigenvalue weighted by molar-refractivity contribution is -0.123. The van der Waals surface area contributed by atoms with Gasteiger partial charge in [-0.2, -0.15) is 0 Å². The standard InChI is InChI=1S/C12H16N2OS/c1-2-16-12-13-10(8-11(15)14-12)9-6-4-3-5-7-9/h3-7,10,12-13H,2,8H2,1H3,(H,14,15). The first kappa shape index (κ1) is 11.5. The number of carbonyl (C=O) groups is 1. The van der Waals surface area contributed by atoms with Gasteiger partial charge in [0, 0.05) is 12.5 Å². The number of rotatable bonds is 3. The van der Waals surface area contributed by atoms with Crippen LogP contribution in [0.15, 0.2) is 30.3 Å². The second kappa shape index (κ2) is 5.37. The molecule has 1 aliphatic heterocycles. The van der Waals surface area contributed by atoms with Gasteiger partial charge in [0.2, 0.25) is 5.91 Å². The van der Waals surface area contributed by atoms with Crippen molar-refractivity contribution in [3.05, 3.63) is 35.9 Å². The summed E-state index contributed by atoms with van der Waals surface area (Å²) in [6.45, 7) is 2.09. The lowest BCUT2D eigenvalue weighted by Crippen LogP contribution is -2.51. The molecular weight excluding hydrogens is 220 g/mol. The lowest BCUT2D eigenvalue weighted by atomic mass is 10.0. The fraction of sp³-hybridized carbons (Fsp3) is 0.417. The summed E-state index contributed by atoms with van der Waals surface area (Å²) >= 11 is 1.71. The van der Waals surface area contributed by atoms with Gasteiger partial charge in [0.05, 0.1) is 0 Å². The summed E-state index contributed by atoms with van der Waals surface area (Å²) < 4.78 is 0. The minimum absolute atomic E-state index is 0.0384. The normalized spacial score (nSPS) is 25.2. The van der Waals surface area contributed by atoms with Crippen LogP contribution in [0.4, 0.5) is 0 Å². The molecule has 1 heterocycles. The molecule has 1 fully saturated rings. The van der Waals surface area contributed by atoms with Crippen molar-refractivity contribution >= 4 is 17.7 Å². The maximum atomic E-state index is 11.6. The molecule has 1 aromatic carbocycles. The van der Waals surface area contributed by atoms with Crippen molar-refractivity contribution in [2.24, 2.45) is 0 Å². The van der Waals surface area contributed by atoms with Crippen molar-refractivity contribution in [2.45, 2.75) is 24.9 Å². The number of benzene rings is 1. The van der Waals surface area contributed by atoms with E-state index in [1.807, 2.05) is 18.2 Å². The van der Waals surface area contributed by atoms with E-state index >= 15 is 0 Å². The molecule has 0 aliphatic carbocycles. The zero-order valence-corrected chi connectivity index (χ0v) is 10.1. The maximum absolute atomic E-state index is 11.6. The van der Waals surface area contributed by atoms with Gasteiger partial charge in [0.15, 0.2) is 0 Å². The van der Waals surface area contributed by atoms with Crippen LogP contribution >= 0.6 is 11.8 Å². The van der Waals surface area contributed by atoms with Gasteiger partial charge in [-0.25, -0.2) is 0 Å². The molecule has 1 aliphatic rings. The number of hydrogen-bond donors (Lipinski definition) is 2. The molecule has 86 valence electrons. The largest absolute Gasteiger partial charge is 0.332 e. The summed E-state index contributed by atoms with van der Waals surface area (Å²) in [7, 11) is 0. The summed E-state index contributed by atoms with van der Waals surface area (Å²) in [5, 5.41) is 6.36. The topological polar surface area (TPSA) is 41.1 Å². The third-order valence-electron chi connectivity index (χ3n) is 2.57. The second-order valence-corrected chi connectivity index (χ2v) is 5.12. The van der Waals surface area contributed by atoms with Crippen molar-refractivity contribution in [2.75, 3.05) is 5.75 Å². The molecule has 3 nitrogen and oxygen atoms in total. The lowest BCUT2D eigenvalue weighted by Gasteiger charge is -2.31. The molecule has 1 aromatic rings. The van der Waals surface area contributed by atoms with E-state index in [-0.39, 0.29) is 17.4 Å². The van der Waals surface area contributed by atoms with Crippen LogP contribution in [-0.4, -0.2) is 17.2 Å². The Balaban J connectivity index is 2.07. The van der Waals surface area contributed by atoms with Crippen LogP contribution in [0.25, 0.3) is 0 Å². The molecule has 2 rings (SSSR count). The van der Waals surface area contributed by atoms with Gasteiger partial charge in [0.25, 0.3) is 0 Å². The van der Waals surface area contributed by atoms with Crippen LogP contribution in [0.2, 0.25) is 0 Å². The highest BCUT2D eigenvalue weighted by atomic mass is 32.2. The molecule has 16 heavy (non-hydrogen) atoms. The molecule has 2 atom stereocenters. The SMILES string of the molecule is CCSC1NC(=O)CC(c2ccccc2)N1. The van der Waals surface area contributed by atoms with E-state index in [9.17, 15) is 4.79 Å². The monoisotopic (exact) mass is 236 g/mol. The minimum atomic E-state index is 0.0384. The van der Waals surface area contributed by atoms with Crippen LogP contribution < -0.4 is 10.6 Å². The van der Waals surface area contributed by atoms with Crippen LogP contribution in [0.1, 0.15) is 24.9 Å². The fourth-order valence-corrected chi connectivity index (χ4v) is 2.64. The number of carbonyl (C=O) groups excluding carboxylic acids is 1. The fourth-order valence-electron chi connectivity index (χ4n) is 1.83. The summed E-state index contributed by atoms with van der Waals surface area (Å²) in [5.41, 5.74) is 1.22. The van der Waals surface area contributed by atoms with E-state index < -0.39 is 0 Å². The van der Waals surface area contributed by atoms with Gasteiger partial charge in [-0.05, 0) is 11.3 Å². The Morgan fingerprint density at radius 3 is 2.81 bits per heavy atom. The minimum Gasteiger partial charge on any atom is -0.332 e. The third-order valence-corrected chi connectivity index (χ3v) is 3.49. The number of hydrogen-bond acceptors (Lipinski definition) is 3. The number of nitrogens with one attached hydrogen (secondary N) is 2. The summed E-state index contributed by atoms with van der Waals surface area (Å²) in [6.07, 6.45) is 0.519. The van der Waals surface area contributed by atoms with Crippen LogP contribution in [-0.2, 0) is 4.79 Å². The molecule has 0 bridgehead atoms. The highest BCUT2D eigenvalue weighted by Crippen LogP contribution is 2.22. The molecule has 0 radical (unpaired) electrons. The zero-order chi connectivity index (χ0) is 11.4. The average Bonchev–Trinajstić information content (AvgIpc) is 2.30. The molecule has 1 amide bonds. The van der Waals surface area contributed by atoms with E-state index in [4.69, 9.17) is 0 Å². The summed E-state index contributed by atoms with van der Waals surface area (Å²) in [5.74, 6) is 1.11. The van der Waals surface area contributed by atoms with E-state index in [1.165, 1.54) is 5.56 Å². The first-order valence-electron chi connectivity index (χ1n) is 5.51. The Bertz CT molecular complexity index is 355. The Morgan fingerprint density at radius 2 is 2.12 bits per heavy atom. The van der Waals surface area contributed by atoms with Crippen molar-refractivity contribution in [1.82, 2.24) is 10.6 Å². The smallest absolute Gasteiger partial charge is 0.223 e. The highest BCUT2D eigenvalue weighted by Gasteiger charge is 2.26. The predicted molar refractivity (Wildman–Crippen MR) is 67.0 cm³/mol. The summed E-state index contributed by atoms with van der Waals surface area (Å²) in [4.78, 5) is 11.6. The maximum Gasteiger partial charge on any atom is 0.223 e. The van der Waals surface area contributed by atoms with Gasteiger partial charge in [-0.15, -0.1) is 11.8 Å². The molecule has 0 spiro atoms. The van der Waals surface area contributed by atoms with E-state index in [2.05, 4.69) is 29.7 Å². The van der Waals surface area contributed by atoms with Gasteiger partial charge in [-0.3, -0.25) is 10.1 Å². The molecule has 2 unspecified atom stereocenters. The third kappa shape index (κ3) is 2.77. The van der Waals surface area contributed by atoms with Gasteiger partial charge in [0.1, 0.15) is 5.50 Å². The van der Waals surface area contributed by atoms with Gasteiger partial charge in [-0.1, -0.05) is 37.3 Å². The van der Waals surface area contributed by atoms with E-state index in [1.54, 1.807) is 11.8 Å². The van der Waals surface area contributed by atoms with Crippen molar-refractivity contribution in [1.29, 1.82) is 0 Å². The van der Waals surface area contributed by atoms with Crippen LogP contribution in [0.5, 0.6) is 0 Å². The Hall–Kier alpha value is -1.00. The van der Waals surface area contributed by atoms with Crippen LogP contribution in [0, 0.1) is 0 Å². The van der Waals surface area contributed by atoms with Gasteiger partial charge < -0.3 is 5.32 Å². The Morgan fingerprint density at radius 1 is 1.38 bits per heavy atom. The average molecular weight is 236 g/mol. The molecule has 2 N–H and O–H groups in total. The predicted octanol–water partition coefficient (Wildman–Crippen LogP) is 1.87. The molecular formula is C12H16N2OS. The molecule has 4 heteroatoms. The summed E-state index contributed by atoms with van der Waals surface area (Å²) in [6, 6.07) is 10.3. The van der Waals surface area contributed by atoms with Crippen molar-refractivity contribution in [3.8, 4) is 0 Å². The zero-order valence-electron chi connectivity index (χ0n) is 9.27. The van der Waals surface area contributed by atoms with Gasteiger partial charge >= 0.3 is 0 Å². The highest BCUT2D eigenvalue weighted by molar-refractivity contribution is 7.99. The second-order valence-electron chi connectivity index (χ2n) is 3.74. The number of amides is 1. The molecule has 0 aromatic heterocycles. The molecule has 1 saturated heterocycles. The molecule has 0 saturated carbocycles. The van der Waals surface area contributed by atoms with E-state index in [0.717, 1.165) is 5.75 Å². The quantitative estimate of drug-likeness (QED) is 0.842. The van der Waals surface area contributed by atoms with Crippen molar-refractivity contribution < 1.29 is 4.79 Å². The van der Waals surface area contributed by atoms with Crippen molar-refractivity contribution in [3.63, 3.8) is 0 Å². The Kier molecular flexibility index (Phi) is 3.85. The van der Waals surface area contributed by atoms with Crippen LogP contribution in [0.3, 0.4) is 0 Å². The number of thioether (sulfide) groups is 1. The Labute approximate surface area is 100.0 Å². The first-order valence-corrected chi connectivity index (χ1v) is 6.56.